The van der Waals surface area contributed by atoms with Gasteiger partial charge in [0.1, 0.15) is 11.3 Å². The fraction of sp³-hybridized carbons (Fsp3) is 0.226. The Morgan fingerprint density at radius 1 is 0.816 bits per heavy atom. The molecule has 1 aliphatic rings. The Kier molecular flexibility index (Phi) is 5.90. The van der Waals surface area contributed by atoms with Crippen molar-refractivity contribution in [2.24, 2.45) is 5.92 Å². The van der Waals surface area contributed by atoms with Crippen LogP contribution in [0.15, 0.2) is 79.5 Å². The molecule has 0 saturated heterocycles. The first-order valence-corrected chi connectivity index (χ1v) is 13.3. The lowest BCUT2D eigenvalue weighted by atomic mass is 10.0. The molecule has 1 aliphatic carbocycles. The van der Waals surface area contributed by atoms with Crippen molar-refractivity contribution in [1.29, 1.82) is 0 Å². The van der Waals surface area contributed by atoms with Gasteiger partial charge in [0.25, 0.3) is 0 Å². The summed E-state index contributed by atoms with van der Waals surface area (Å²) in [4.78, 5) is 16.8. The molecule has 0 spiro atoms. The Morgan fingerprint density at radius 2 is 1.71 bits per heavy atom. The average Bonchev–Trinajstić information content (AvgIpc) is 3.73. The lowest BCUT2D eigenvalue weighted by molar-refractivity contribution is 0.489. The van der Waals surface area contributed by atoms with Crippen LogP contribution in [0.25, 0.3) is 55.6 Å². The van der Waals surface area contributed by atoms with E-state index in [4.69, 9.17) is 0 Å². The molecule has 5 aromatic heterocycles. The highest BCUT2D eigenvalue weighted by molar-refractivity contribution is 6.00. The largest absolute Gasteiger partial charge is 0.338 e. The van der Waals surface area contributed by atoms with E-state index >= 15 is 0 Å². The van der Waals surface area contributed by atoms with E-state index in [9.17, 15) is 0 Å². The third-order valence-electron chi connectivity index (χ3n) is 7.71. The summed E-state index contributed by atoms with van der Waals surface area (Å²) in [5.41, 5.74) is 9.30. The Hall–Kier alpha value is -4.36. The molecule has 6 aromatic rings. The lowest BCUT2D eigenvalue weighted by Gasteiger charge is -2.11. The second kappa shape index (κ2) is 9.84. The molecule has 1 aromatic carbocycles. The quantitative estimate of drug-likeness (QED) is 0.233. The first kappa shape index (κ1) is 22.8. The molecule has 0 bridgehead atoms. The number of aromatic nitrogens is 6. The molecule has 1 saturated carbocycles. The number of nitrogens with one attached hydrogen (secondary N) is 3. The third kappa shape index (κ3) is 4.35. The van der Waals surface area contributed by atoms with E-state index in [0.29, 0.717) is 0 Å². The van der Waals surface area contributed by atoms with Crippen molar-refractivity contribution in [3.8, 4) is 33.6 Å². The second-order valence-corrected chi connectivity index (χ2v) is 10.2. The van der Waals surface area contributed by atoms with Gasteiger partial charge in [-0.25, -0.2) is 4.98 Å². The molecule has 188 valence electrons. The van der Waals surface area contributed by atoms with E-state index in [0.717, 1.165) is 74.6 Å². The summed E-state index contributed by atoms with van der Waals surface area (Å²) in [7, 11) is 0. The summed E-state index contributed by atoms with van der Waals surface area (Å²) < 4.78 is 0. The SMILES string of the molecule is c1cc(-c2ccnc3[nH]c(-c4n[nH]c5ccc(-c6cncc(CNCC7CCCC7)c6)cc45)cc23)ccn1. The third-order valence-corrected chi connectivity index (χ3v) is 7.71. The fourth-order valence-electron chi connectivity index (χ4n) is 5.71. The topological polar surface area (TPSA) is 95.2 Å². The van der Waals surface area contributed by atoms with Crippen molar-refractivity contribution in [1.82, 2.24) is 35.5 Å². The number of pyridine rings is 3. The minimum atomic E-state index is 0.827. The summed E-state index contributed by atoms with van der Waals surface area (Å²) >= 11 is 0. The zero-order chi connectivity index (χ0) is 25.3. The van der Waals surface area contributed by atoms with Gasteiger partial charge in [0.15, 0.2) is 0 Å². The van der Waals surface area contributed by atoms with Crippen LogP contribution in [0.2, 0.25) is 0 Å². The molecule has 38 heavy (non-hydrogen) atoms. The summed E-state index contributed by atoms with van der Waals surface area (Å²) in [6.45, 7) is 1.94. The summed E-state index contributed by atoms with van der Waals surface area (Å²) in [5, 5.41) is 13.6. The molecule has 1 fully saturated rings. The van der Waals surface area contributed by atoms with Crippen molar-refractivity contribution < 1.29 is 0 Å². The van der Waals surface area contributed by atoms with Gasteiger partial charge in [-0.1, -0.05) is 18.9 Å². The van der Waals surface area contributed by atoms with Gasteiger partial charge in [-0.2, -0.15) is 5.10 Å². The number of hydrogen-bond donors (Lipinski definition) is 3. The number of nitrogens with zero attached hydrogens (tertiary/aromatic N) is 4. The van der Waals surface area contributed by atoms with E-state index < -0.39 is 0 Å². The van der Waals surface area contributed by atoms with Crippen molar-refractivity contribution in [2.75, 3.05) is 6.54 Å². The van der Waals surface area contributed by atoms with Gasteiger partial charge in [-0.05, 0) is 90.0 Å². The monoisotopic (exact) mass is 499 g/mol. The molecular weight excluding hydrogens is 470 g/mol. The average molecular weight is 500 g/mol. The van der Waals surface area contributed by atoms with E-state index in [1.54, 1.807) is 0 Å². The molecule has 0 radical (unpaired) electrons. The lowest BCUT2D eigenvalue weighted by Crippen LogP contribution is -2.20. The van der Waals surface area contributed by atoms with Crippen LogP contribution >= 0.6 is 0 Å². The van der Waals surface area contributed by atoms with Crippen LogP contribution in [0.4, 0.5) is 0 Å². The van der Waals surface area contributed by atoms with Crippen LogP contribution in [-0.4, -0.2) is 36.7 Å². The highest BCUT2D eigenvalue weighted by Crippen LogP contribution is 2.34. The molecule has 7 nitrogen and oxygen atoms in total. The minimum absolute atomic E-state index is 0.827. The van der Waals surface area contributed by atoms with Gasteiger partial charge < -0.3 is 10.3 Å². The molecule has 7 rings (SSSR count). The van der Waals surface area contributed by atoms with Crippen LogP contribution in [0.1, 0.15) is 31.2 Å². The van der Waals surface area contributed by atoms with Crippen LogP contribution in [0.3, 0.4) is 0 Å². The normalized spacial score (nSPS) is 14.1. The Balaban J connectivity index is 1.20. The van der Waals surface area contributed by atoms with Gasteiger partial charge in [0.05, 0.1) is 11.2 Å². The summed E-state index contributed by atoms with van der Waals surface area (Å²) in [6, 6.07) is 16.9. The smallest absolute Gasteiger partial charge is 0.138 e. The molecule has 0 aliphatic heterocycles. The Bertz CT molecular complexity index is 1710. The summed E-state index contributed by atoms with van der Waals surface area (Å²) in [5.74, 6) is 0.827. The predicted octanol–water partition coefficient (Wildman–Crippen LogP) is 6.51. The summed E-state index contributed by atoms with van der Waals surface area (Å²) in [6.07, 6.45) is 14.8. The maximum atomic E-state index is 4.67. The standard InChI is InChI=1S/C31H29N7/c1-2-4-20(3-1)16-33-17-21-13-24(19-34-18-21)23-5-6-28-27(14-23)30(38-37-28)29-15-26-25(9-12-35-31(26)36-29)22-7-10-32-11-8-22/h5-15,18-20,33H,1-4,16-17H2,(H,35,36)(H,37,38). The predicted molar refractivity (Wildman–Crippen MR) is 151 cm³/mol. The Morgan fingerprint density at radius 3 is 2.61 bits per heavy atom. The first-order valence-electron chi connectivity index (χ1n) is 13.3. The van der Waals surface area contributed by atoms with Gasteiger partial charge in [-0.3, -0.25) is 15.1 Å². The van der Waals surface area contributed by atoms with Crippen LogP contribution in [-0.2, 0) is 6.54 Å². The van der Waals surface area contributed by atoms with Gasteiger partial charge in [0.2, 0.25) is 0 Å². The Labute approximate surface area is 220 Å². The zero-order valence-electron chi connectivity index (χ0n) is 21.1. The molecule has 0 amide bonds. The van der Waals surface area contributed by atoms with Gasteiger partial charge in [0, 0.05) is 53.9 Å². The number of aromatic amines is 2. The maximum Gasteiger partial charge on any atom is 0.138 e. The first-order chi connectivity index (χ1) is 18.8. The molecule has 0 unspecified atom stereocenters. The van der Waals surface area contributed by atoms with Crippen LogP contribution in [0, 0.1) is 5.92 Å². The molecular formula is C31H29N7. The van der Waals surface area contributed by atoms with Gasteiger partial charge >= 0.3 is 0 Å². The molecule has 3 N–H and O–H groups in total. The van der Waals surface area contributed by atoms with Crippen LogP contribution in [0.5, 0.6) is 0 Å². The number of H-pyrrole nitrogens is 2. The van der Waals surface area contributed by atoms with E-state index in [1.165, 1.54) is 31.2 Å². The fourth-order valence-corrected chi connectivity index (χ4v) is 5.71. The zero-order valence-corrected chi connectivity index (χ0v) is 21.1. The maximum absolute atomic E-state index is 4.67. The molecule has 7 heteroatoms. The van der Waals surface area contributed by atoms with E-state index in [2.05, 4.69) is 65.8 Å². The number of hydrogen-bond acceptors (Lipinski definition) is 5. The van der Waals surface area contributed by atoms with E-state index in [1.807, 2.05) is 49.2 Å². The van der Waals surface area contributed by atoms with Crippen molar-refractivity contribution in [3.63, 3.8) is 0 Å². The highest BCUT2D eigenvalue weighted by Gasteiger charge is 2.16. The highest BCUT2D eigenvalue weighted by atomic mass is 15.1. The number of rotatable bonds is 7. The second-order valence-electron chi connectivity index (χ2n) is 10.2. The van der Waals surface area contributed by atoms with Crippen molar-refractivity contribution in [3.05, 3.63) is 85.1 Å². The minimum Gasteiger partial charge on any atom is -0.338 e. The van der Waals surface area contributed by atoms with Crippen molar-refractivity contribution >= 4 is 21.9 Å². The number of benzene rings is 1. The van der Waals surface area contributed by atoms with Gasteiger partial charge in [-0.15, -0.1) is 0 Å². The number of fused-ring (bicyclic) bond motifs is 2. The van der Waals surface area contributed by atoms with Crippen molar-refractivity contribution in [2.45, 2.75) is 32.2 Å². The molecule has 5 heterocycles. The van der Waals surface area contributed by atoms with E-state index in [-0.39, 0.29) is 0 Å². The van der Waals surface area contributed by atoms with Crippen LogP contribution < -0.4 is 5.32 Å². The molecule has 0 atom stereocenters.